The van der Waals surface area contributed by atoms with Crippen LogP contribution in [-0.2, 0) is 0 Å². The Labute approximate surface area is 104 Å². The van der Waals surface area contributed by atoms with Gasteiger partial charge in [0.15, 0.2) is 0 Å². The molecule has 3 nitrogen and oxygen atoms in total. The van der Waals surface area contributed by atoms with Gasteiger partial charge in [0.2, 0.25) is 0 Å². The standard InChI is InChI=1S/C12H16BrNO2/c1-8(2)11(7-15)14-12(16)9-3-5-10(13)6-4-9/h3-6,8,11,15H,7H2,1-2H3,(H,14,16)/t11-/m1/s1. The van der Waals surface area contributed by atoms with Gasteiger partial charge in [0.25, 0.3) is 5.91 Å². The summed E-state index contributed by atoms with van der Waals surface area (Å²) in [6.07, 6.45) is 0. The number of nitrogens with one attached hydrogen (secondary N) is 1. The Balaban J connectivity index is 2.68. The number of carbonyl (C=O) groups is 1. The van der Waals surface area contributed by atoms with Crippen LogP contribution in [0.2, 0.25) is 0 Å². The highest BCUT2D eigenvalue weighted by atomic mass is 79.9. The number of amides is 1. The third-order valence-electron chi connectivity index (χ3n) is 2.42. The number of halogens is 1. The van der Waals surface area contributed by atoms with Crippen molar-refractivity contribution in [3.63, 3.8) is 0 Å². The van der Waals surface area contributed by atoms with E-state index in [4.69, 9.17) is 5.11 Å². The van der Waals surface area contributed by atoms with Gasteiger partial charge in [-0.2, -0.15) is 0 Å². The molecule has 0 fully saturated rings. The summed E-state index contributed by atoms with van der Waals surface area (Å²) in [5.41, 5.74) is 0.599. The number of aliphatic hydroxyl groups is 1. The monoisotopic (exact) mass is 285 g/mol. The zero-order valence-electron chi connectivity index (χ0n) is 9.40. The Morgan fingerprint density at radius 2 is 1.94 bits per heavy atom. The van der Waals surface area contributed by atoms with Crippen molar-refractivity contribution in [2.24, 2.45) is 5.92 Å². The molecule has 1 aromatic rings. The van der Waals surface area contributed by atoms with Crippen molar-refractivity contribution in [2.45, 2.75) is 19.9 Å². The van der Waals surface area contributed by atoms with Gasteiger partial charge in [0.1, 0.15) is 0 Å². The van der Waals surface area contributed by atoms with Gasteiger partial charge in [0.05, 0.1) is 12.6 Å². The Hall–Kier alpha value is -0.870. The third-order valence-corrected chi connectivity index (χ3v) is 2.95. The Morgan fingerprint density at radius 1 is 1.38 bits per heavy atom. The molecule has 16 heavy (non-hydrogen) atoms. The Kier molecular flexibility index (Phi) is 4.96. The summed E-state index contributed by atoms with van der Waals surface area (Å²) < 4.78 is 0.937. The number of carbonyl (C=O) groups excluding carboxylic acids is 1. The first kappa shape index (κ1) is 13.2. The van der Waals surface area contributed by atoms with Crippen molar-refractivity contribution < 1.29 is 9.90 Å². The molecule has 0 bridgehead atoms. The molecular weight excluding hydrogens is 270 g/mol. The van der Waals surface area contributed by atoms with Crippen LogP contribution < -0.4 is 5.32 Å². The van der Waals surface area contributed by atoms with Crippen molar-refractivity contribution in [3.8, 4) is 0 Å². The molecule has 0 aliphatic carbocycles. The van der Waals surface area contributed by atoms with Gasteiger partial charge in [-0.15, -0.1) is 0 Å². The average molecular weight is 286 g/mol. The minimum Gasteiger partial charge on any atom is -0.394 e. The predicted molar refractivity (Wildman–Crippen MR) is 67.3 cm³/mol. The van der Waals surface area contributed by atoms with Crippen LogP contribution in [0.3, 0.4) is 0 Å². The minimum atomic E-state index is -0.198. The van der Waals surface area contributed by atoms with Gasteiger partial charge in [-0.25, -0.2) is 0 Å². The lowest BCUT2D eigenvalue weighted by molar-refractivity contribution is 0.0897. The zero-order valence-corrected chi connectivity index (χ0v) is 11.0. The van der Waals surface area contributed by atoms with Crippen molar-refractivity contribution >= 4 is 21.8 Å². The number of benzene rings is 1. The number of hydrogen-bond acceptors (Lipinski definition) is 2. The van der Waals surface area contributed by atoms with Crippen LogP contribution in [0, 0.1) is 5.92 Å². The average Bonchev–Trinajstić information content (AvgIpc) is 2.26. The van der Waals surface area contributed by atoms with Gasteiger partial charge in [-0.3, -0.25) is 4.79 Å². The van der Waals surface area contributed by atoms with E-state index in [1.165, 1.54) is 0 Å². The van der Waals surface area contributed by atoms with Crippen LogP contribution in [0.25, 0.3) is 0 Å². The van der Waals surface area contributed by atoms with Gasteiger partial charge < -0.3 is 10.4 Å². The van der Waals surface area contributed by atoms with E-state index in [2.05, 4.69) is 21.2 Å². The number of aliphatic hydroxyl groups excluding tert-OH is 1. The Bertz CT molecular complexity index is 349. The number of hydrogen-bond donors (Lipinski definition) is 2. The van der Waals surface area contributed by atoms with Crippen LogP contribution in [0.15, 0.2) is 28.7 Å². The summed E-state index contributed by atoms with van der Waals surface area (Å²) in [4.78, 5) is 11.8. The molecule has 0 heterocycles. The molecule has 0 aromatic heterocycles. The van der Waals surface area contributed by atoms with Gasteiger partial charge in [-0.05, 0) is 30.2 Å². The van der Waals surface area contributed by atoms with E-state index in [0.29, 0.717) is 5.56 Å². The fourth-order valence-corrected chi connectivity index (χ4v) is 1.54. The lowest BCUT2D eigenvalue weighted by Gasteiger charge is -2.19. The second-order valence-electron chi connectivity index (χ2n) is 4.01. The lowest BCUT2D eigenvalue weighted by atomic mass is 10.0. The second kappa shape index (κ2) is 6.01. The Morgan fingerprint density at radius 3 is 2.38 bits per heavy atom. The molecule has 1 amide bonds. The highest BCUT2D eigenvalue weighted by Crippen LogP contribution is 2.11. The highest BCUT2D eigenvalue weighted by Gasteiger charge is 2.15. The molecule has 0 spiro atoms. The van der Waals surface area contributed by atoms with E-state index in [9.17, 15) is 4.79 Å². The normalized spacial score (nSPS) is 12.6. The van der Waals surface area contributed by atoms with E-state index in [0.717, 1.165) is 4.47 Å². The first-order valence-corrected chi connectivity index (χ1v) is 6.01. The SMILES string of the molecule is CC(C)[C@@H](CO)NC(=O)c1ccc(Br)cc1. The zero-order chi connectivity index (χ0) is 12.1. The largest absolute Gasteiger partial charge is 0.394 e. The summed E-state index contributed by atoms with van der Waals surface area (Å²) in [7, 11) is 0. The molecule has 0 unspecified atom stereocenters. The second-order valence-corrected chi connectivity index (χ2v) is 4.93. The molecule has 2 N–H and O–H groups in total. The summed E-state index contributed by atoms with van der Waals surface area (Å²) in [5.74, 6) is 0.0599. The summed E-state index contributed by atoms with van der Waals surface area (Å²) in [5, 5.41) is 11.9. The molecule has 1 atom stereocenters. The fourth-order valence-electron chi connectivity index (χ4n) is 1.28. The van der Waals surface area contributed by atoms with Crippen LogP contribution in [-0.4, -0.2) is 23.7 Å². The molecule has 0 aliphatic rings. The van der Waals surface area contributed by atoms with Crippen molar-refractivity contribution in [1.82, 2.24) is 5.32 Å². The van der Waals surface area contributed by atoms with Gasteiger partial charge in [0, 0.05) is 10.0 Å². The fraction of sp³-hybridized carbons (Fsp3) is 0.417. The topological polar surface area (TPSA) is 49.3 Å². The third kappa shape index (κ3) is 3.61. The van der Waals surface area contributed by atoms with Crippen LogP contribution in [0.5, 0.6) is 0 Å². The van der Waals surface area contributed by atoms with E-state index >= 15 is 0 Å². The van der Waals surface area contributed by atoms with Crippen LogP contribution >= 0.6 is 15.9 Å². The molecule has 0 saturated carbocycles. The molecule has 1 aromatic carbocycles. The van der Waals surface area contributed by atoms with Crippen molar-refractivity contribution in [1.29, 1.82) is 0 Å². The summed E-state index contributed by atoms with van der Waals surface area (Å²) in [6.45, 7) is 3.88. The summed E-state index contributed by atoms with van der Waals surface area (Å²) in [6, 6.07) is 6.93. The quantitative estimate of drug-likeness (QED) is 0.891. The van der Waals surface area contributed by atoms with Crippen LogP contribution in [0.4, 0.5) is 0 Å². The van der Waals surface area contributed by atoms with Gasteiger partial charge >= 0.3 is 0 Å². The highest BCUT2D eigenvalue weighted by molar-refractivity contribution is 9.10. The van der Waals surface area contributed by atoms with E-state index in [-0.39, 0.29) is 24.5 Å². The molecule has 1 rings (SSSR count). The van der Waals surface area contributed by atoms with Gasteiger partial charge in [-0.1, -0.05) is 29.8 Å². The molecule has 4 heteroatoms. The van der Waals surface area contributed by atoms with Crippen LogP contribution in [0.1, 0.15) is 24.2 Å². The summed E-state index contributed by atoms with van der Waals surface area (Å²) >= 11 is 3.31. The maximum Gasteiger partial charge on any atom is 0.251 e. The van der Waals surface area contributed by atoms with Crippen molar-refractivity contribution in [2.75, 3.05) is 6.61 Å². The van der Waals surface area contributed by atoms with Crippen molar-refractivity contribution in [3.05, 3.63) is 34.3 Å². The van der Waals surface area contributed by atoms with E-state index in [1.807, 2.05) is 26.0 Å². The lowest BCUT2D eigenvalue weighted by Crippen LogP contribution is -2.41. The van der Waals surface area contributed by atoms with E-state index in [1.54, 1.807) is 12.1 Å². The molecule has 0 saturated heterocycles. The maximum absolute atomic E-state index is 11.8. The maximum atomic E-state index is 11.8. The first-order chi connectivity index (χ1) is 7.54. The molecule has 0 aliphatic heterocycles. The molecular formula is C12H16BrNO2. The predicted octanol–water partition coefficient (Wildman–Crippen LogP) is 2.20. The molecule has 0 radical (unpaired) electrons. The first-order valence-electron chi connectivity index (χ1n) is 5.22. The number of rotatable bonds is 4. The molecule has 88 valence electrons. The minimum absolute atomic E-state index is 0.0417. The van der Waals surface area contributed by atoms with E-state index < -0.39 is 0 Å². The smallest absolute Gasteiger partial charge is 0.251 e.